The van der Waals surface area contributed by atoms with Crippen LogP contribution in [0.3, 0.4) is 0 Å². The highest BCUT2D eigenvalue weighted by atomic mass is 19.1. The number of aromatic amines is 1. The minimum Gasteiger partial charge on any atom is -0.393 e. The number of imidazole rings is 1. The first-order valence-electron chi connectivity index (χ1n) is 10.7. The molecule has 1 aliphatic heterocycles. The Bertz CT molecular complexity index is 1170. The second kappa shape index (κ2) is 8.55. The average Bonchev–Trinajstić information content (AvgIpc) is 3.39. The van der Waals surface area contributed by atoms with Gasteiger partial charge >= 0.3 is 0 Å². The predicted octanol–water partition coefficient (Wildman–Crippen LogP) is 3.09. The van der Waals surface area contributed by atoms with Crippen LogP contribution in [-0.2, 0) is 4.74 Å². The van der Waals surface area contributed by atoms with Gasteiger partial charge in [-0.05, 0) is 32.1 Å². The molecule has 1 aliphatic carbocycles. The van der Waals surface area contributed by atoms with Crippen LogP contribution in [0, 0.1) is 17.5 Å². The van der Waals surface area contributed by atoms with E-state index in [0.29, 0.717) is 48.9 Å². The fourth-order valence-corrected chi connectivity index (χ4v) is 4.30. The van der Waals surface area contributed by atoms with Crippen LogP contribution in [0.15, 0.2) is 23.3 Å². The number of benzene rings is 1. The summed E-state index contributed by atoms with van der Waals surface area (Å²) in [5.74, 6) is -2.77. The van der Waals surface area contributed by atoms with Crippen molar-refractivity contribution in [2.75, 3.05) is 18.5 Å². The van der Waals surface area contributed by atoms with E-state index >= 15 is 0 Å². The lowest BCUT2D eigenvalue weighted by molar-refractivity contribution is 0.126. The van der Waals surface area contributed by atoms with Gasteiger partial charge in [-0.3, -0.25) is 4.57 Å². The second-order valence-electron chi connectivity index (χ2n) is 8.25. The quantitative estimate of drug-likeness (QED) is 0.570. The highest BCUT2D eigenvalue weighted by Crippen LogP contribution is 2.26. The maximum absolute atomic E-state index is 14.2. The number of H-pyrrole nitrogens is 1. The van der Waals surface area contributed by atoms with Crippen molar-refractivity contribution in [3.8, 4) is 0 Å². The van der Waals surface area contributed by atoms with Crippen molar-refractivity contribution in [3.63, 3.8) is 0 Å². The molecule has 1 aromatic carbocycles. The fraction of sp³-hybridized carbons (Fsp3) is 0.476. The summed E-state index contributed by atoms with van der Waals surface area (Å²) in [4.78, 5) is 16.2. The molecule has 0 amide bonds. The van der Waals surface area contributed by atoms with Gasteiger partial charge < -0.3 is 20.1 Å². The number of hydrogen-bond acceptors (Lipinski definition) is 6. The molecule has 11 heteroatoms. The lowest BCUT2D eigenvalue weighted by Crippen LogP contribution is -2.29. The lowest BCUT2D eigenvalue weighted by atomic mass is 9.93. The van der Waals surface area contributed by atoms with Crippen LogP contribution in [-0.4, -0.2) is 50.0 Å². The van der Waals surface area contributed by atoms with E-state index in [4.69, 9.17) is 4.74 Å². The van der Waals surface area contributed by atoms with Gasteiger partial charge in [-0.25, -0.2) is 23.1 Å². The van der Waals surface area contributed by atoms with Crippen molar-refractivity contribution in [2.45, 2.75) is 50.3 Å². The van der Waals surface area contributed by atoms with Gasteiger partial charge in [0, 0.05) is 24.8 Å². The number of aromatic nitrogens is 4. The Labute approximate surface area is 181 Å². The molecule has 0 unspecified atom stereocenters. The zero-order chi connectivity index (χ0) is 22.2. The van der Waals surface area contributed by atoms with E-state index < -0.39 is 23.1 Å². The Balaban J connectivity index is 1.58. The summed E-state index contributed by atoms with van der Waals surface area (Å²) in [7, 11) is 0. The van der Waals surface area contributed by atoms with E-state index in [1.54, 1.807) is 10.8 Å². The zero-order valence-electron chi connectivity index (χ0n) is 17.2. The van der Waals surface area contributed by atoms with Crippen molar-refractivity contribution < 1.29 is 23.0 Å². The summed E-state index contributed by atoms with van der Waals surface area (Å²) in [6, 6.07) is 1.21. The Kier molecular flexibility index (Phi) is 5.60. The van der Waals surface area contributed by atoms with Crippen LogP contribution in [0.2, 0.25) is 0 Å². The molecule has 32 heavy (non-hydrogen) atoms. The van der Waals surface area contributed by atoms with Gasteiger partial charge in [-0.2, -0.15) is 4.98 Å². The van der Waals surface area contributed by atoms with Crippen molar-refractivity contribution in [1.82, 2.24) is 19.5 Å². The van der Waals surface area contributed by atoms with Gasteiger partial charge in [0.25, 0.3) is 0 Å². The molecule has 0 bridgehead atoms. The summed E-state index contributed by atoms with van der Waals surface area (Å²) in [5.41, 5.74) is 0.656. The van der Waals surface area contributed by atoms with E-state index in [1.807, 2.05) is 0 Å². The number of aliphatic hydroxyl groups excluding tert-OH is 1. The lowest BCUT2D eigenvalue weighted by Gasteiger charge is -2.26. The molecule has 3 aromatic rings. The van der Waals surface area contributed by atoms with Crippen molar-refractivity contribution >= 4 is 22.8 Å². The summed E-state index contributed by atoms with van der Waals surface area (Å²) >= 11 is 0. The van der Waals surface area contributed by atoms with E-state index in [2.05, 4.69) is 25.3 Å². The summed E-state index contributed by atoms with van der Waals surface area (Å²) in [6.45, 7) is 0.950. The molecular weight excluding hydrogens is 425 g/mol. The number of hydrogen-bond donors (Lipinski definition) is 3. The normalized spacial score (nSPS) is 24.4. The molecule has 3 N–H and O–H groups in total. The molecular formula is C21H23F3N6O2. The Morgan fingerprint density at radius 2 is 1.88 bits per heavy atom. The van der Waals surface area contributed by atoms with Gasteiger partial charge in [0.05, 0.1) is 24.9 Å². The number of aliphatic hydroxyl groups is 1. The number of ether oxygens (including phenoxy) is 1. The minimum absolute atomic E-state index is 0.137. The van der Waals surface area contributed by atoms with Gasteiger partial charge in [-0.15, -0.1) is 0 Å². The molecule has 2 fully saturated rings. The number of nitrogens with zero attached hydrogens (tertiary/aromatic N) is 4. The maximum Gasteiger partial charge on any atom is 0.224 e. The van der Waals surface area contributed by atoms with Crippen molar-refractivity contribution in [1.29, 1.82) is 0 Å². The third-order valence-electron chi connectivity index (χ3n) is 5.97. The zero-order valence-corrected chi connectivity index (χ0v) is 17.2. The average molecular weight is 448 g/mol. The van der Waals surface area contributed by atoms with E-state index in [1.165, 1.54) is 0 Å². The van der Waals surface area contributed by atoms with Gasteiger partial charge in [0.2, 0.25) is 11.6 Å². The monoisotopic (exact) mass is 448 g/mol. The van der Waals surface area contributed by atoms with Crippen LogP contribution in [0.25, 0.3) is 11.2 Å². The van der Waals surface area contributed by atoms with Gasteiger partial charge in [0.15, 0.2) is 17.3 Å². The minimum atomic E-state index is -1.09. The highest BCUT2D eigenvalue weighted by Gasteiger charge is 2.24. The number of fused-ring (bicyclic) bond motifs is 1. The van der Waals surface area contributed by atoms with Crippen LogP contribution in [0.5, 0.6) is 0 Å². The van der Waals surface area contributed by atoms with Gasteiger partial charge in [0.1, 0.15) is 17.0 Å². The van der Waals surface area contributed by atoms with Crippen LogP contribution >= 0.6 is 0 Å². The molecule has 1 saturated heterocycles. The topological polar surface area (TPSA) is 100 Å². The second-order valence-corrected chi connectivity index (χ2v) is 8.25. The van der Waals surface area contributed by atoms with Crippen LogP contribution in [0.4, 0.5) is 24.8 Å². The Morgan fingerprint density at radius 1 is 1.12 bits per heavy atom. The molecule has 3 heterocycles. The van der Waals surface area contributed by atoms with Gasteiger partial charge in [-0.1, -0.05) is 0 Å². The number of halogens is 3. The summed E-state index contributed by atoms with van der Waals surface area (Å²) in [6.07, 6.45) is 5.09. The molecule has 0 radical (unpaired) electrons. The first-order chi connectivity index (χ1) is 15.5. The molecule has 2 aromatic heterocycles. The smallest absolute Gasteiger partial charge is 0.224 e. The van der Waals surface area contributed by atoms with Crippen molar-refractivity contribution in [2.24, 2.45) is 4.99 Å². The van der Waals surface area contributed by atoms with Crippen LogP contribution < -0.4 is 10.9 Å². The predicted molar refractivity (Wildman–Crippen MR) is 110 cm³/mol. The number of anilines is 1. The third-order valence-corrected chi connectivity index (χ3v) is 5.97. The first kappa shape index (κ1) is 21.0. The SMILES string of the molecule is OC1CCC(Nc2ncc3[nH]/c(=N\c4c(F)cc(F)cc4F)n([C@H]4CCOC4)c3n2)CC1. The number of rotatable bonds is 4. The fourth-order valence-electron chi connectivity index (χ4n) is 4.30. The molecule has 0 spiro atoms. The highest BCUT2D eigenvalue weighted by molar-refractivity contribution is 5.71. The molecule has 170 valence electrons. The molecule has 2 aliphatic rings. The third kappa shape index (κ3) is 4.09. The molecule has 8 nitrogen and oxygen atoms in total. The van der Waals surface area contributed by atoms with Crippen LogP contribution in [0.1, 0.15) is 38.1 Å². The van der Waals surface area contributed by atoms with E-state index in [0.717, 1.165) is 25.7 Å². The molecule has 1 saturated carbocycles. The standard InChI is InChI=1S/C21H23F3N6O2/c22-11-7-15(23)18(16(24)8-11)28-21-27-17-9-25-20(26-12-1-3-14(31)4-2-12)29-19(17)30(21)13-5-6-32-10-13/h7-9,12-14,31H,1-6,10H2,(H,27,28)(H,25,26,29)/t12?,13-,14?/m0/s1. The Morgan fingerprint density at radius 3 is 2.56 bits per heavy atom. The van der Waals surface area contributed by atoms with Crippen molar-refractivity contribution in [3.05, 3.63) is 41.4 Å². The Hall–Kier alpha value is -2.92. The van der Waals surface area contributed by atoms with E-state index in [-0.39, 0.29) is 23.8 Å². The number of nitrogens with one attached hydrogen (secondary N) is 2. The largest absolute Gasteiger partial charge is 0.393 e. The summed E-state index contributed by atoms with van der Waals surface area (Å²) < 4.78 is 49.0. The maximum atomic E-state index is 14.2. The van der Waals surface area contributed by atoms with E-state index in [9.17, 15) is 18.3 Å². The molecule has 5 rings (SSSR count). The summed E-state index contributed by atoms with van der Waals surface area (Å²) in [5, 5.41) is 13.0. The first-order valence-corrected chi connectivity index (χ1v) is 10.7. The molecule has 1 atom stereocenters.